The second-order valence-electron chi connectivity index (χ2n) is 3.37. The fourth-order valence-electron chi connectivity index (χ4n) is 1.30. The molecule has 1 aromatic carbocycles. The first kappa shape index (κ1) is 14.6. The van der Waals surface area contributed by atoms with Gasteiger partial charge in [-0.2, -0.15) is 0 Å². The summed E-state index contributed by atoms with van der Waals surface area (Å²) in [5.74, 6) is 0.00403. The van der Waals surface area contributed by atoms with Gasteiger partial charge < -0.3 is 10.6 Å². The van der Waals surface area contributed by atoms with Crippen LogP contribution in [0, 0.1) is 0 Å². The molecule has 3 nitrogen and oxygen atoms in total. The van der Waals surface area contributed by atoms with Crippen molar-refractivity contribution < 1.29 is 4.79 Å². The highest BCUT2D eigenvalue weighted by Crippen LogP contribution is 2.33. The molecule has 1 amide bonds. The topological polar surface area (TPSA) is 41.1 Å². The third-order valence-corrected chi connectivity index (χ3v) is 3.09. The van der Waals surface area contributed by atoms with Crippen LogP contribution in [0.15, 0.2) is 16.6 Å². The SMILES string of the molecule is CCNC(=O)CCNc1c(Cl)cc(Br)cc1Cl. The first-order chi connectivity index (χ1) is 8.04. The standard InChI is InChI=1S/C11H13BrCl2N2O/c1-2-15-10(17)3-4-16-11-8(13)5-7(12)6-9(11)14/h5-6,16H,2-4H2,1H3,(H,15,17). The minimum atomic E-state index is 0.00403. The van der Waals surface area contributed by atoms with Gasteiger partial charge in [-0.25, -0.2) is 0 Å². The number of carbonyl (C=O) groups excluding carboxylic acids is 1. The van der Waals surface area contributed by atoms with Gasteiger partial charge in [-0.3, -0.25) is 4.79 Å². The van der Waals surface area contributed by atoms with Crippen molar-refractivity contribution in [2.45, 2.75) is 13.3 Å². The van der Waals surface area contributed by atoms with Crippen molar-refractivity contribution in [3.05, 3.63) is 26.7 Å². The molecule has 0 saturated carbocycles. The van der Waals surface area contributed by atoms with Gasteiger partial charge in [0, 0.05) is 24.0 Å². The second-order valence-corrected chi connectivity index (χ2v) is 5.10. The van der Waals surface area contributed by atoms with Gasteiger partial charge in [-0.05, 0) is 19.1 Å². The summed E-state index contributed by atoms with van der Waals surface area (Å²) in [6.45, 7) is 3.01. The van der Waals surface area contributed by atoms with Crippen LogP contribution in [0.25, 0.3) is 0 Å². The summed E-state index contributed by atoms with van der Waals surface area (Å²) in [5.41, 5.74) is 0.654. The Bertz CT molecular complexity index is 389. The highest BCUT2D eigenvalue weighted by atomic mass is 79.9. The van der Waals surface area contributed by atoms with E-state index < -0.39 is 0 Å². The van der Waals surface area contributed by atoms with Crippen molar-refractivity contribution in [1.82, 2.24) is 5.32 Å². The Morgan fingerprint density at radius 2 is 1.94 bits per heavy atom. The molecule has 0 aliphatic rings. The van der Waals surface area contributed by atoms with E-state index in [0.29, 0.717) is 35.2 Å². The van der Waals surface area contributed by atoms with Crippen LogP contribution in [0.5, 0.6) is 0 Å². The van der Waals surface area contributed by atoms with Gasteiger partial charge in [0.1, 0.15) is 0 Å². The molecule has 0 bridgehead atoms. The average Bonchev–Trinajstić information content (AvgIpc) is 2.22. The summed E-state index contributed by atoms with van der Waals surface area (Å²) in [4.78, 5) is 11.2. The maximum atomic E-state index is 11.2. The number of anilines is 1. The van der Waals surface area contributed by atoms with Crippen molar-refractivity contribution in [1.29, 1.82) is 0 Å². The van der Waals surface area contributed by atoms with Crippen molar-refractivity contribution in [3.63, 3.8) is 0 Å². The van der Waals surface area contributed by atoms with E-state index in [1.807, 2.05) is 6.92 Å². The zero-order valence-corrected chi connectivity index (χ0v) is 12.4. The van der Waals surface area contributed by atoms with Gasteiger partial charge in [-0.1, -0.05) is 39.1 Å². The Hall–Kier alpha value is -0.450. The lowest BCUT2D eigenvalue weighted by molar-refractivity contribution is -0.120. The molecule has 0 heterocycles. The number of hydrogen-bond donors (Lipinski definition) is 2. The van der Waals surface area contributed by atoms with Crippen LogP contribution in [0.1, 0.15) is 13.3 Å². The van der Waals surface area contributed by atoms with Gasteiger partial charge in [0.05, 0.1) is 15.7 Å². The number of rotatable bonds is 5. The molecule has 0 atom stereocenters. The predicted molar refractivity (Wildman–Crippen MR) is 76.0 cm³/mol. The largest absolute Gasteiger partial charge is 0.382 e. The maximum Gasteiger partial charge on any atom is 0.221 e. The molecule has 0 aliphatic carbocycles. The molecule has 0 unspecified atom stereocenters. The van der Waals surface area contributed by atoms with Crippen LogP contribution < -0.4 is 10.6 Å². The van der Waals surface area contributed by atoms with Gasteiger partial charge in [0.15, 0.2) is 0 Å². The maximum absolute atomic E-state index is 11.2. The zero-order valence-electron chi connectivity index (χ0n) is 9.32. The summed E-state index contributed by atoms with van der Waals surface area (Å²) in [6.07, 6.45) is 0.385. The van der Waals surface area contributed by atoms with E-state index in [0.717, 1.165) is 4.47 Å². The Labute approximate surface area is 119 Å². The van der Waals surface area contributed by atoms with Gasteiger partial charge in [0.25, 0.3) is 0 Å². The van der Waals surface area contributed by atoms with Crippen molar-refractivity contribution in [2.24, 2.45) is 0 Å². The van der Waals surface area contributed by atoms with E-state index in [1.165, 1.54) is 0 Å². The molecular formula is C11H13BrCl2N2O. The zero-order chi connectivity index (χ0) is 12.8. The molecular weight excluding hydrogens is 327 g/mol. The highest BCUT2D eigenvalue weighted by Gasteiger charge is 2.07. The van der Waals surface area contributed by atoms with Crippen molar-refractivity contribution >= 4 is 50.7 Å². The summed E-state index contributed by atoms with van der Waals surface area (Å²) in [6, 6.07) is 3.50. The Kier molecular flexibility index (Phi) is 6.09. The molecule has 1 rings (SSSR count). The van der Waals surface area contributed by atoms with E-state index in [-0.39, 0.29) is 5.91 Å². The smallest absolute Gasteiger partial charge is 0.221 e. The third kappa shape index (κ3) is 4.74. The van der Waals surface area contributed by atoms with Gasteiger partial charge in [0.2, 0.25) is 5.91 Å². The van der Waals surface area contributed by atoms with Crippen LogP contribution in [-0.4, -0.2) is 19.0 Å². The fourth-order valence-corrected chi connectivity index (χ4v) is 2.64. The quantitative estimate of drug-likeness (QED) is 0.858. The first-order valence-electron chi connectivity index (χ1n) is 5.19. The number of amides is 1. The molecule has 0 radical (unpaired) electrons. The molecule has 0 saturated heterocycles. The minimum absolute atomic E-state index is 0.00403. The summed E-state index contributed by atoms with van der Waals surface area (Å²) in [5, 5.41) is 6.83. The molecule has 2 N–H and O–H groups in total. The van der Waals surface area contributed by atoms with Crippen LogP contribution in [-0.2, 0) is 4.79 Å². The number of hydrogen-bond acceptors (Lipinski definition) is 2. The monoisotopic (exact) mass is 338 g/mol. The Morgan fingerprint density at radius 3 is 2.47 bits per heavy atom. The fraction of sp³-hybridized carbons (Fsp3) is 0.364. The minimum Gasteiger partial charge on any atom is -0.382 e. The predicted octanol–water partition coefficient (Wildman–Crippen LogP) is 3.69. The number of carbonyl (C=O) groups is 1. The molecule has 0 spiro atoms. The average molecular weight is 340 g/mol. The summed E-state index contributed by atoms with van der Waals surface area (Å²) < 4.78 is 0.821. The molecule has 0 aliphatic heterocycles. The lowest BCUT2D eigenvalue weighted by Crippen LogP contribution is -2.24. The van der Waals surface area contributed by atoms with Crippen LogP contribution in [0.3, 0.4) is 0 Å². The van der Waals surface area contributed by atoms with Crippen LogP contribution in [0.4, 0.5) is 5.69 Å². The molecule has 6 heteroatoms. The highest BCUT2D eigenvalue weighted by molar-refractivity contribution is 9.10. The first-order valence-corrected chi connectivity index (χ1v) is 6.74. The number of nitrogens with one attached hydrogen (secondary N) is 2. The normalized spacial score (nSPS) is 10.1. The number of benzene rings is 1. The lowest BCUT2D eigenvalue weighted by Gasteiger charge is -2.10. The van der Waals surface area contributed by atoms with E-state index in [4.69, 9.17) is 23.2 Å². The number of halogens is 3. The molecule has 94 valence electrons. The van der Waals surface area contributed by atoms with Gasteiger partial charge in [-0.15, -0.1) is 0 Å². The molecule has 0 fully saturated rings. The van der Waals surface area contributed by atoms with Crippen molar-refractivity contribution in [3.8, 4) is 0 Å². The van der Waals surface area contributed by atoms with E-state index in [9.17, 15) is 4.79 Å². The van der Waals surface area contributed by atoms with E-state index in [1.54, 1.807) is 12.1 Å². The Balaban J connectivity index is 2.55. The second kappa shape index (κ2) is 7.09. The summed E-state index contributed by atoms with van der Waals surface area (Å²) in [7, 11) is 0. The van der Waals surface area contributed by atoms with Crippen molar-refractivity contribution in [2.75, 3.05) is 18.4 Å². The lowest BCUT2D eigenvalue weighted by atomic mass is 10.3. The van der Waals surface area contributed by atoms with E-state index in [2.05, 4.69) is 26.6 Å². The van der Waals surface area contributed by atoms with Gasteiger partial charge >= 0.3 is 0 Å². The van der Waals surface area contributed by atoms with Crippen LogP contribution >= 0.6 is 39.1 Å². The Morgan fingerprint density at radius 1 is 1.35 bits per heavy atom. The molecule has 17 heavy (non-hydrogen) atoms. The third-order valence-electron chi connectivity index (χ3n) is 2.03. The summed E-state index contributed by atoms with van der Waals surface area (Å²) >= 11 is 15.4. The van der Waals surface area contributed by atoms with Crippen LogP contribution in [0.2, 0.25) is 10.0 Å². The van der Waals surface area contributed by atoms with E-state index >= 15 is 0 Å². The molecule has 1 aromatic rings. The molecule has 0 aromatic heterocycles.